The third-order valence-corrected chi connectivity index (χ3v) is 11.1. The molecule has 0 radical (unpaired) electrons. The van der Waals surface area contributed by atoms with Gasteiger partial charge >= 0.3 is 6.01 Å². The van der Waals surface area contributed by atoms with Crippen molar-refractivity contribution in [3.05, 3.63) is 102 Å². The first-order chi connectivity index (χ1) is 25.5. The van der Waals surface area contributed by atoms with E-state index in [4.69, 9.17) is 16.1 Å². The fraction of sp³-hybridized carbons (Fsp3) is 0.256. The van der Waals surface area contributed by atoms with Gasteiger partial charge in [0.1, 0.15) is 35.3 Å². The van der Waals surface area contributed by atoms with E-state index in [0.717, 1.165) is 41.5 Å². The maximum Gasteiger partial charge on any atom is 0.319 e. The predicted molar refractivity (Wildman–Crippen MR) is 196 cm³/mol. The van der Waals surface area contributed by atoms with Crippen molar-refractivity contribution in [1.29, 1.82) is 0 Å². The molecule has 10 rings (SSSR count). The van der Waals surface area contributed by atoms with Crippen LogP contribution in [0, 0.1) is 24.0 Å². The van der Waals surface area contributed by atoms with Gasteiger partial charge in [0, 0.05) is 89.5 Å². The molecule has 3 aromatic heterocycles. The van der Waals surface area contributed by atoms with Crippen molar-refractivity contribution < 1.29 is 13.5 Å². The molecule has 2 saturated heterocycles. The summed E-state index contributed by atoms with van der Waals surface area (Å²) in [4.78, 5) is 24.0. The van der Waals surface area contributed by atoms with Crippen LogP contribution in [0.3, 0.4) is 0 Å². The molecule has 2 bridgehead atoms. The highest BCUT2D eigenvalue weighted by atomic mass is 32.2. The molecule has 2 atom stereocenters. The van der Waals surface area contributed by atoms with E-state index in [1.54, 1.807) is 30.7 Å². The molecule has 52 heavy (non-hydrogen) atoms. The number of aromatic nitrogens is 6. The smallest absolute Gasteiger partial charge is 0.319 e. The van der Waals surface area contributed by atoms with Crippen molar-refractivity contribution in [2.45, 2.75) is 48.6 Å². The van der Waals surface area contributed by atoms with Crippen LogP contribution in [-0.2, 0) is 0 Å². The molecular formula is C39H31F2N9OS. The van der Waals surface area contributed by atoms with Gasteiger partial charge in [0.2, 0.25) is 0 Å². The van der Waals surface area contributed by atoms with E-state index in [2.05, 4.69) is 65.4 Å². The van der Waals surface area contributed by atoms with Gasteiger partial charge in [0.25, 0.3) is 0 Å². The van der Waals surface area contributed by atoms with E-state index in [1.165, 1.54) is 30.9 Å². The number of rotatable bonds is 8. The zero-order valence-electron chi connectivity index (χ0n) is 27.8. The van der Waals surface area contributed by atoms with E-state index >= 15 is 4.39 Å². The normalized spacial score (nSPS) is 19.4. The highest BCUT2D eigenvalue weighted by molar-refractivity contribution is 7.97. The van der Waals surface area contributed by atoms with Crippen molar-refractivity contribution in [2.75, 3.05) is 29.4 Å². The Morgan fingerprint density at radius 3 is 2.65 bits per heavy atom. The Morgan fingerprint density at radius 2 is 1.87 bits per heavy atom. The van der Waals surface area contributed by atoms with Gasteiger partial charge in [-0.3, -0.25) is 4.98 Å². The summed E-state index contributed by atoms with van der Waals surface area (Å²) in [6, 6.07) is 17.0. The third kappa shape index (κ3) is 5.36. The van der Waals surface area contributed by atoms with Crippen molar-refractivity contribution in [1.82, 2.24) is 34.4 Å². The largest absolute Gasteiger partial charge is 0.458 e. The summed E-state index contributed by atoms with van der Waals surface area (Å²) in [5, 5.41) is 9.54. The number of ether oxygens (including phenoxy) is 1. The van der Waals surface area contributed by atoms with Crippen LogP contribution in [0.15, 0.2) is 83.9 Å². The van der Waals surface area contributed by atoms with Gasteiger partial charge in [-0.2, -0.15) is 14.1 Å². The van der Waals surface area contributed by atoms with Gasteiger partial charge in [-0.15, -0.1) is 11.5 Å². The van der Waals surface area contributed by atoms with Crippen molar-refractivity contribution in [3.8, 4) is 29.6 Å². The van der Waals surface area contributed by atoms with E-state index in [1.807, 2.05) is 16.4 Å². The monoisotopic (exact) mass is 711 g/mol. The SMILES string of the molecule is C#Cc1c(F)ccc2cccc(-c3ncc4c(N5CC6CC5=CN6)nc(OC5CCN(c6ccc(Sn7cnc(C8CC8)n7)cc6)C5)nc4c3F)c12. The number of pyridine rings is 1. The van der Waals surface area contributed by atoms with E-state index < -0.39 is 11.6 Å². The summed E-state index contributed by atoms with van der Waals surface area (Å²) in [5.74, 6) is 3.24. The lowest BCUT2D eigenvalue weighted by Gasteiger charge is -2.25. The van der Waals surface area contributed by atoms with Gasteiger partial charge in [0.05, 0.1) is 17.5 Å². The van der Waals surface area contributed by atoms with Gasteiger partial charge in [-0.1, -0.05) is 30.2 Å². The first-order valence-electron chi connectivity index (χ1n) is 17.4. The third-order valence-electron chi connectivity index (χ3n) is 10.2. The van der Waals surface area contributed by atoms with E-state index in [9.17, 15) is 4.39 Å². The molecule has 1 saturated carbocycles. The summed E-state index contributed by atoms with van der Waals surface area (Å²) >= 11 is 1.54. The minimum atomic E-state index is -0.650. The van der Waals surface area contributed by atoms with Gasteiger partial charge in [0.15, 0.2) is 11.6 Å². The molecule has 258 valence electrons. The first kappa shape index (κ1) is 31.0. The molecule has 13 heteroatoms. The molecule has 3 aliphatic heterocycles. The van der Waals surface area contributed by atoms with E-state index in [0.29, 0.717) is 46.5 Å². The van der Waals surface area contributed by atoms with Gasteiger partial charge in [-0.05, 0) is 48.6 Å². The van der Waals surface area contributed by atoms with Crippen LogP contribution < -0.4 is 19.9 Å². The maximum atomic E-state index is 16.8. The van der Waals surface area contributed by atoms with Crippen LogP contribution in [0.5, 0.6) is 6.01 Å². The van der Waals surface area contributed by atoms with Crippen LogP contribution >= 0.6 is 11.9 Å². The Kier molecular flexibility index (Phi) is 7.28. The fourth-order valence-electron chi connectivity index (χ4n) is 7.48. The number of hydrogen-bond acceptors (Lipinski definition) is 10. The summed E-state index contributed by atoms with van der Waals surface area (Å²) in [6.45, 7) is 2.09. The Morgan fingerprint density at radius 1 is 0.981 bits per heavy atom. The Balaban J connectivity index is 0.955. The lowest BCUT2D eigenvalue weighted by atomic mass is 9.96. The second-order valence-corrected chi connectivity index (χ2v) is 14.7. The van der Waals surface area contributed by atoms with Crippen LogP contribution in [0.2, 0.25) is 0 Å². The molecule has 3 fully saturated rings. The van der Waals surface area contributed by atoms with Crippen LogP contribution in [0.4, 0.5) is 20.3 Å². The quantitative estimate of drug-likeness (QED) is 0.170. The summed E-state index contributed by atoms with van der Waals surface area (Å²) in [7, 11) is 0. The van der Waals surface area contributed by atoms with Crippen molar-refractivity contribution >= 4 is 45.1 Å². The minimum Gasteiger partial charge on any atom is -0.458 e. The number of fused-ring (bicyclic) bond motifs is 4. The van der Waals surface area contributed by atoms with Crippen LogP contribution in [-0.4, -0.2) is 60.9 Å². The average Bonchev–Trinajstić information content (AvgIpc) is 3.51. The van der Waals surface area contributed by atoms with Gasteiger partial charge < -0.3 is 19.9 Å². The summed E-state index contributed by atoms with van der Waals surface area (Å²) < 4.78 is 40.0. The summed E-state index contributed by atoms with van der Waals surface area (Å²) in [5.41, 5.74) is 2.70. The Labute approximate surface area is 302 Å². The number of halogens is 2. The molecule has 2 unspecified atom stereocenters. The average molecular weight is 712 g/mol. The molecular weight excluding hydrogens is 681 g/mol. The molecule has 4 aliphatic rings. The van der Waals surface area contributed by atoms with Crippen molar-refractivity contribution in [2.24, 2.45) is 0 Å². The molecule has 1 N–H and O–H groups in total. The lowest BCUT2D eigenvalue weighted by Crippen LogP contribution is -2.33. The molecule has 10 nitrogen and oxygen atoms in total. The summed E-state index contributed by atoms with van der Waals surface area (Å²) in [6.07, 6.45) is 14.8. The van der Waals surface area contributed by atoms with Gasteiger partial charge in [-0.25, -0.2) is 13.8 Å². The number of terminal acetylenes is 1. The molecule has 6 heterocycles. The number of anilines is 2. The molecule has 0 spiro atoms. The second-order valence-electron chi connectivity index (χ2n) is 13.6. The Hall–Kier alpha value is -5.74. The number of nitrogens with one attached hydrogen (secondary N) is 1. The zero-order valence-corrected chi connectivity index (χ0v) is 28.7. The van der Waals surface area contributed by atoms with Crippen LogP contribution in [0.1, 0.15) is 43.0 Å². The minimum absolute atomic E-state index is 0.0282. The second kappa shape index (κ2) is 12.2. The fourth-order valence-corrected chi connectivity index (χ4v) is 8.17. The van der Waals surface area contributed by atoms with Crippen molar-refractivity contribution in [3.63, 3.8) is 0 Å². The lowest BCUT2D eigenvalue weighted by molar-refractivity contribution is 0.207. The maximum absolute atomic E-state index is 16.8. The number of nitrogens with zero attached hydrogens (tertiary/aromatic N) is 8. The molecule has 6 aromatic rings. The zero-order chi connectivity index (χ0) is 34.9. The number of benzene rings is 3. The number of hydrogen-bond donors (Lipinski definition) is 1. The van der Waals surface area contributed by atoms with E-state index in [-0.39, 0.29) is 34.9 Å². The first-order valence-corrected chi connectivity index (χ1v) is 18.1. The predicted octanol–water partition coefficient (Wildman–Crippen LogP) is 6.81. The molecule has 1 aliphatic carbocycles. The molecule has 3 aromatic carbocycles. The Bertz CT molecular complexity index is 2480. The molecule has 0 amide bonds. The topological polar surface area (TPSA) is 97.1 Å². The van der Waals surface area contributed by atoms with Crippen LogP contribution in [0.25, 0.3) is 32.9 Å². The highest BCUT2D eigenvalue weighted by Crippen LogP contribution is 2.40. The highest BCUT2D eigenvalue weighted by Gasteiger charge is 2.35. The standard InChI is InChI=1S/C39H31F2N9OS/c1-2-29-32(40)13-8-22-4-3-5-30(33(22)29)35-34(41)36-31(18-43-35)38(49-19-24-16-26(49)17-42-24)46-39(45-36)51-27-14-15-48(20-27)25-9-11-28(12-10-25)52-50-21-44-37(47-50)23-6-7-23/h1,3-5,8-13,17-18,21,23-24,27,42H,6-7,14-16,19-20H2.